The largest absolute Gasteiger partial charge is 0.480 e. The van der Waals surface area contributed by atoms with Gasteiger partial charge in [0.05, 0.1) is 5.69 Å². The molecule has 0 saturated heterocycles. The van der Waals surface area contributed by atoms with E-state index in [1.54, 1.807) is 24.3 Å². The maximum absolute atomic E-state index is 12.2. The Hall–Kier alpha value is -2.70. The quantitative estimate of drug-likeness (QED) is 0.842. The first-order chi connectivity index (χ1) is 10.5. The smallest absolute Gasteiger partial charge is 0.326 e. The highest BCUT2D eigenvalue weighted by Crippen LogP contribution is 2.11. The monoisotopic (exact) mass is 302 g/mol. The summed E-state index contributed by atoms with van der Waals surface area (Å²) < 4.78 is 1.53. The zero-order valence-electron chi connectivity index (χ0n) is 12.4. The van der Waals surface area contributed by atoms with Crippen LogP contribution in [0, 0.1) is 5.92 Å². The first kappa shape index (κ1) is 15.7. The third-order valence-corrected chi connectivity index (χ3v) is 3.10. The molecule has 1 aromatic carbocycles. The fourth-order valence-corrected chi connectivity index (χ4v) is 2.07. The molecule has 2 N–H and O–H groups in total. The first-order valence-electron chi connectivity index (χ1n) is 6.96. The lowest BCUT2D eigenvalue weighted by molar-refractivity contribution is -0.139. The lowest BCUT2D eigenvalue weighted by Gasteiger charge is -2.16. The predicted molar refractivity (Wildman–Crippen MR) is 79.7 cm³/mol. The van der Waals surface area contributed by atoms with Gasteiger partial charge >= 0.3 is 5.97 Å². The fourth-order valence-electron chi connectivity index (χ4n) is 2.07. The van der Waals surface area contributed by atoms with Crippen LogP contribution in [0.3, 0.4) is 0 Å². The van der Waals surface area contributed by atoms with Crippen LogP contribution in [0.15, 0.2) is 36.9 Å². The number of amides is 1. The summed E-state index contributed by atoms with van der Waals surface area (Å²) in [5.74, 6) is -1.28. The number of benzene rings is 1. The van der Waals surface area contributed by atoms with E-state index in [-0.39, 0.29) is 5.92 Å². The number of carboxylic acid groups (broad SMARTS) is 1. The van der Waals surface area contributed by atoms with E-state index in [4.69, 9.17) is 0 Å². The number of rotatable bonds is 6. The third-order valence-electron chi connectivity index (χ3n) is 3.10. The van der Waals surface area contributed by atoms with Crippen molar-refractivity contribution < 1.29 is 14.7 Å². The van der Waals surface area contributed by atoms with Crippen LogP contribution in [-0.4, -0.2) is 37.8 Å². The van der Waals surface area contributed by atoms with Gasteiger partial charge < -0.3 is 10.4 Å². The summed E-state index contributed by atoms with van der Waals surface area (Å²) in [5.41, 5.74) is 1.06. The molecule has 1 heterocycles. The molecule has 22 heavy (non-hydrogen) atoms. The molecule has 0 spiro atoms. The molecule has 0 saturated carbocycles. The number of aliphatic carboxylic acids is 1. The fraction of sp³-hybridized carbons (Fsp3) is 0.333. The van der Waals surface area contributed by atoms with Gasteiger partial charge in [0, 0.05) is 5.56 Å². The van der Waals surface area contributed by atoms with Crippen LogP contribution in [0.4, 0.5) is 0 Å². The lowest BCUT2D eigenvalue weighted by Crippen LogP contribution is -2.41. The van der Waals surface area contributed by atoms with Crippen LogP contribution in [-0.2, 0) is 4.79 Å². The molecule has 7 heteroatoms. The van der Waals surface area contributed by atoms with E-state index in [1.807, 2.05) is 13.8 Å². The average molecular weight is 302 g/mol. The molecule has 1 atom stereocenters. The van der Waals surface area contributed by atoms with Crippen molar-refractivity contribution in [1.29, 1.82) is 0 Å². The number of carboxylic acids is 1. The Bertz CT molecular complexity index is 653. The number of carbonyl (C=O) groups excluding carboxylic acids is 1. The Morgan fingerprint density at radius 1 is 1.36 bits per heavy atom. The summed E-state index contributed by atoms with van der Waals surface area (Å²) in [6.07, 6.45) is 3.30. The van der Waals surface area contributed by atoms with Gasteiger partial charge in [-0.2, -0.15) is 5.10 Å². The normalized spacial score (nSPS) is 12.1. The van der Waals surface area contributed by atoms with E-state index < -0.39 is 17.9 Å². The number of nitrogens with one attached hydrogen (secondary N) is 1. The molecule has 116 valence electrons. The van der Waals surface area contributed by atoms with Crippen LogP contribution < -0.4 is 5.32 Å². The summed E-state index contributed by atoms with van der Waals surface area (Å²) in [7, 11) is 0. The molecular formula is C15H18N4O3. The van der Waals surface area contributed by atoms with E-state index in [9.17, 15) is 14.7 Å². The molecule has 7 nitrogen and oxygen atoms in total. The first-order valence-corrected chi connectivity index (χ1v) is 6.96. The second-order valence-electron chi connectivity index (χ2n) is 5.38. The third kappa shape index (κ3) is 3.91. The van der Waals surface area contributed by atoms with E-state index in [2.05, 4.69) is 15.4 Å². The van der Waals surface area contributed by atoms with Crippen LogP contribution in [0.2, 0.25) is 0 Å². The second kappa shape index (κ2) is 6.84. The van der Waals surface area contributed by atoms with Crippen molar-refractivity contribution in [2.45, 2.75) is 26.3 Å². The summed E-state index contributed by atoms with van der Waals surface area (Å²) >= 11 is 0. The van der Waals surface area contributed by atoms with Crippen LogP contribution in [0.5, 0.6) is 0 Å². The van der Waals surface area contributed by atoms with E-state index >= 15 is 0 Å². The van der Waals surface area contributed by atoms with Gasteiger partial charge in [0.15, 0.2) is 0 Å². The van der Waals surface area contributed by atoms with Gasteiger partial charge in [0.2, 0.25) is 0 Å². The van der Waals surface area contributed by atoms with E-state index in [1.165, 1.54) is 17.3 Å². The SMILES string of the molecule is CC(C)CC(NC(=O)c1cccc(-n2cncn2)c1)C(=O)O. The minimum Gasteiger partial charge on any atom is -0.480 e. The van der Waals surface area contributed by atoms with Crippen molar-refractivity contribution in [2.24, 2.45) is 5.92 Å². The maximum atomic E-state index is 12.2. The van der Waals surface area contributed by atoms with Crippen molar-refractivity contribution in [1.82, 2.24) is 20.1 Å². The number of aromatic nitrogens is 3. The molecule has 1 unspecified atom stereocenters. The molecular weight excluding hydrogens is 284 g/mol. The van der Waals surface area contributed by atoms with Gasteiger partial charge in [0.1, 0.15) is 18.7 Å². The summed E-state index contributed by atoms with van der Waals surface area (Å²) in [6, 6.07) is 5.86. The second-order valence-corrected chi connectivity index (χ2v) is 5.38. The van der Waals surface area contributed by atoms with Gasteiger partial charge in [-0.05, 0) is 30.5 Å². The minimum atomic E-state index is -1.03. The molecule has 0 bridgehead atoms. The maximum Gasteiger partial charge on any atom is 0.326 e. The Morgan fingerprint density at radius 2 is 2.14 bits per heavy atom. The highest BCUT2D eigenvalue weighted by atomic mass is 16.4. The van der Waals surface area contributed by atoms with E-state index in [0.29, 0.717) is 17.7 Å². The van der Waals surface area contributed by atoms with Crippen molar-refractivity contribution in [3.63, 3.8) is 0 Å². The zero-order valence-corrected chi connectivity index (χ0v) is 12.4. The topological polar surface area (TPSA) is 97.1 Å². The molecule has 1 amide bonds. The molecule has 0 radical (unpaired) electrons. The van der Waals surface area contributed by atoms with Gasteiger partial charge in [-0.15, -0.1) is 0 Å². The summed E-state index contributed by atoms with van der Waals surface area (Å²) in [4.78, 5) is 27.3. The Balaban J connectivity index is 2.15. The highest BCUT2D eigenvalue weighted by Gasteiger charge is 2.21. The zero-order chi connectivity index (χ0) is 16.1. The van der Waals surface area contributed by atoms with Crippen molar-refractivity contribution in [3.8, 4) is 5.69 Å². The van der Waals surface area contributed by atoms with Gasteiger partial charge in [0.25, 0.3) is 5.91 Å². The number of nitrogens with zero attached hydrogens (tertiary/aromatic N) is 3. The summed E-state index contributed by atoms with van der Waals surface area (Å²) in [5, 5.41) is 15.7. The molecule has 0 aliphatic carbocycles. The molecule has 2 aromatic rings. The molecule has 2 rings (SSSR count). The number of hydrogen-bond acceptors (Lipinski definition) is 4. The molecule has 0 aliphatic rings. The standard InChI is InChI=1S/C15H18N4O3/c1-10(2)6-13(15(21)22)18-14(20)11-4-3-5-12(7-11)19-9-16-8-17-19/h3-5,7-10,13H,6H2,1-2H3,(H,18,20)(H,21,22). The number of hydrogen-bond donors (Lipinski definition) is 2. The number of carbonyl (C=O) groups is 2. The van der Waals surface area contributed by atoms with Crippen molar-refractivity contribution in [2.75, 3.05) is 0 Å². The average Bonchev–Trinajstić information content (AvgIpc) is 3.00. The van der Waals surface area contributed by atoms with Crippen LogP contribution in [0.1, 0.15) is 30.6 Å². The molecule has 1 aromatic heterocycles. The molecule has 0 aliphatic heterocycles. The van der Waals surface area contributed by atoms with Gasteiger partial charge in [-0.3, -0.25) is 4.79 Å². The Kier molecular flexibility index (Phi) is 4.88. The van der Waals surface area contributed by atoms with Crippen LogP contribution >= 0.6 is 0 Å². The summed E-state index contributed by atoms with van der Waals surface area (Å²) in [6.45, 7) is 3.82. The van der Waals surface area contributed by atoms with Crippen LogP contribution in [0.25, 0.3) is 5.69 Å². The highest BCUT2D eigenvalue weighted by molar-refractivity contribution is 5.97. The molecule has 0 fully saturated rings. The van der Waals surface area contributed by atoms with Crippen molar-refractivity contribution in [3.05, 3.63) is 42.5 Å². The Labute approximate surface area is 128 Å². The predicted octanol–water partition coefficient (Wildman–Crippen LogP) is 1.50. The van der Waals surface area contributed by atoms with E-state index in [0.717, 1.165) is 0 Å². The minimum absolute atomic E-state index is 0.169. The Morgan fingerprint density at radius 3 is 2.73 bits per heavy atom. The van der Waals surface area contributed by atoms with Crippen molar-refractivity contribution >= 4 is 11.9 Å². The lowest BCUT2D eigenvalue weighted by atomic mass is 10.0. The van der Waals surface area contributed by atoms with Gasteiger partial charge in [-0.25, -0.2) is 14.5 Å². The van der Waals surface area contributed by atoms with Gasteiger partial charge in [-0.1, -0.05) is 19.9 Å².